The summed E-state index contributed by atoms with van der Waals surface area (Å²) in [5.41, 5.74) is 14.4. The van der Waals surface area contributed by atoms with Crippen LogP contribution in [0.2, 0.25) is 0 Å². The van der Waals surface area contributed by atoms with Gasteiger partial charge in [-0.3, -0.25) is 19.3 Å². The first kappa shape index (κ1) is 24.4. The number of anilines is 2. The molecule has 3 aromatic rings. The fourth-order valence-corrected chi connectivity index (χ4v) is 5.16. The van der Waals surface area contributed by atoms with Crippen LogP contribution in [0.25, 0.3) is 0 Å². The summed E-state index contributed by atoms with van der Waals surface area (Å²) in [5, 5.41) is 3.15. The first-order chi connectivity index (χ1) is 16.8. The first-order valence-electron chi connectivity index (χ1n) is 11.6. The highest BCUT2D eigenvalue weighted by Crippen LogP contribution is 2.34. The molecule has 0 spiro atoms. The number of primary amides is 1. The molecule has 0 bridgehead atoms. The maximum atomic E-state index is 14.0. The highest BCUT2D eigenvalue weighted by atomic mass is 32.1. The van der Waals surface area contributed by atoms with Gasteiger partial charge in [0.2, 0.25) is 5.91 Å². The largest absolute Gasteiger partial charge is 0.395 e. The van der Waals surface area contributed by atoms with E-state index in [4.69, 9.17) is 11.5 Å². The van der Waals surface area contributed by atoms with Crippen LogP contribution < -0.4 is 21.7 Å². The van der Waals surface area contributed by atoms with E-state index >= 15 is 0 Å². The Morgan fingerprint density at radius 3 is 2.34 bits per heavy atom. The summed E-state index contributed by atoms with van der Waals surface area (Å²) in [6.45, 7) is 3.88. The van der Waals surface area contributed by atoms with Crippen LogP contribution >= 0.6 is 11.5 Å². The number of hydrogen-bond donors (Lipinski definition) is 3. The maximum Gasteiger partial charge on any atom is 0.273 e. The summed E-state index contributed by atoms with van der Waals surface area (Å²) >= 11 is 0.801. The average molecular weight is 492 g/mol. The summed E-state index contributed by atoms with van der Waals surface area (Å²) in [6.07, 6.45) is 3.95. The van der Waals surface area contributed by atoms with Crippen molar-refractivity contribution in [3.05, 3.63) is 75.8 Å². The lowest BCUT2D eigenvalue weighted by molar-refractivity contribution is -0.123. The third-order valence-corrected chi connectivity index (χ3v) is 7.11. The first-order valence-corrected chi connectivity index (χ1v) is 12.4. The van der Waals surface area contributed by atoms with Crippen LogP contribution in [-0.2, 0) is 4.79 Å². The number of aryl methyl sites for hydroxylation is 2. The summed E-state index contributed by atoms with van der Waals surface area (Å²) < 4.78 is 4.00. The van der Waals surface area contributed by atoms with E-state index in [2.05, 4.69) is 9.69 Å². The maximum absolute atomic E-state index is 14.0. The van der Waals surface area contributed by atoms with Gasteiger partial charge in [0, 0.05) is 11.7 Å². The minimum Gasteiger partial charge on any atom is -0.395 e. The summed E-state index contributed by atoms with van der Waals surface area (Å²) in [5.74, 6) is -1.60. The molecule has 9 heteroatoms. The van der Waals surface area contributed by atoms with Crippen molar-refractivity contribution in [1.82, 2.24) is 9.69 Å². The Morgan fingerprint density at radius 2 is 1.74 bits per heavy atom. The van der Waals surface area contributed by atoms with Crippen molar-refractivity contribution in [2.75, 3.05) is 10.6 Å². The quantitative estimate of drug-likeness (QED) is 0.461. The van der Waals surface area contributed by atoms with Crippen molar-refractivity contribution >= 4 is 40.6 Å². The topological polar surface area (TPSA) is 131 Å². The molecule has 1 aromatic heterocycles. The van der Waals surface area contributed by atoms with Crippen LogP contribution in [0.1, 0.15) is 68.6 Å². The second-order valence-electron chi connectivity index (χ2n) is 8.96. The Hall–Kier alpha value is -3.72. The van der Waals surface area contributed by atoms with Gasteiger partial charge in [0.25, 0.3) is 11.8 Å². The number of hydrogen-bond acceptors (Lipinski definition) is 6. The van der Waals surface area contributed by atoms with Crippen molar-refractivity contribution in [2.24, 2.45) is 5.73 Å². The second-order valence-corrected chi connectivity index (χ2v) is 9.73. The molecule has 1 aliphatic carbocycles. The van der Waals surface area contributed by atoms with Crippen molar-refractivity contribution in [1.29, 1.82) is 0 Å². The zero-order chi connectivity index (χ0) is 25.1. The van der Waals surface area contributed by atoms with Crippen LogP contribution in [0.5, 0.6) is 0 Å². The van der Waals surface area contributed by atoms with E-state index in [0.717, 1.165) is 48.3 Å². The lowest BCUT2D eigenvalue weighted by atomic mass is 10.0. The molecule has 3 amide bonds. The molecule has 0 radical (unpaired) electrons. The standard InChI is InChI=1S/C26H29N5O3S/c1-15-10-12-17(13-11-15)22(25(33)29-18-7-3-4-8-18)31(19-9-5-6-16(2)14-19)26(34)23-20(27)21(24(28)32)30-35-23/h5-6,9-14,18,22H,3-4,7-8,27H2,1-2H3,(H2,28,32)(H,29,33)/t22-/m0/s1. The van der Waals surface area contributed by atoms with Crippen LogP contribution in [0.3, 0.4) is 0 Å². The molecule has 0 aliphatic heterocycles. The van der Waals surface area contributed by atoms with Gasteiger partial charge < -0.3 is 16.8 Å². The van der Waals surface area contributed by atoms with E-state index < -0.39 is 17.9 Å². The highest BCUT2D eigenvalue weighted by molar-refractivity contribution is 7.09. The fourth-order valence-electron chi connectivity index (χ4n) is 4.42. The van der Waals surface area contributed by atoms with Gasteiger partial charge >= 0.3 is 0 Å². The fraction of sp³-hybridized carbons (Fsp3) is 0.308. The van der Waals surface area contributed by atoms with E-state index in [0.29, 0.717) is 11.3 Å². The minimum atomic E-state index is -0.955. The van der Waals surface area contributed by atoms with Crippen molar-refractivity contribution < 1.29 is 14.4 Å². The highest BCUT2D eigenvalue weighted by Gasteiger charge is 2.37. The molecule has 8 nitrogen and oxygen atoms in total. The molecule has 0 unspecified atom stereocenters. The third-order valence-electron chi connectivity index (χ3n) is 6.26. The number of carbonyl (C=O) groups is 3. The molecule has 4 rings (SSSR count). The molecule has 1 fully saturated rings. The summed E-state index contributed by atoms with van der Waals surface area (Å²) in [6, 6.07) is 14.0. The number of amides is 3. The van der Waals surface area contributed by atoms with Crippen molar-refractivity contribution in [3.63, 3.8) is 0 Å². The average Bonchev–Trinajstić information content (AvgIpc) is 3.47. The number of nitrogen functional groups attached to an aromatic ring is 1. The monoisotopic (exact) mass is 491 g/mol. The molecular formula is C26H29N5O3S. The number of rotatable bonds is 7. The third kappa shape index (κ3) is 5.19. The van der Waals surface area contributed by atoms with E-state index in [1.165, 1.54) is 4.90 Å². The second kappa shape index (κ2) is 10.3. The summed E-state index contributed by atoms with van der Waals surface area (Å²) in [7, 11) is 0. The zero-order valence-electron chi connectivity index (χ0n) is 19.8. The Bertz CT molecular complexity index is 1250. The van der Waals surface area contributed by atoms with Crippen LogP contribution in [-0.4, -0.2) is 28.1 Å². The number of nitrogens with zero attached hydrogens (tertiary/aromatic N) is 2. The minimum absolute atomic E-state index is 0.0612. The molecule has 0 saturated heterocycles. The lowest BCUT2D eigenvalue weighted by Gasteiger charge is -2.32. The van der Waals surface area contributed by atoms with Gasteiger partial charge in [-0.2, -0.15) is 4.37 Å². The smallest absolute Gasteiger partial charge is 0.273 e. The van der Waals surface area contributed by atoms with E-state index in [9.17, 15) is 14.4 Å². The lowest BCUT2D eigenvalue weighted by Crippen LogP contribution is -2.46. The normalized spacial score (nSPS) is 14.5. The Morgan fingerprint density at radius 1 is 1.06 bits per heavy atom. The SMILES string of the molecule is Cc1ccc([C@@H](C(=O)NC2CCCC2)N(C(=O)c2snc(C(N)=O)c2N)c2cccc(C)c2)cc1. The molecule has 1 aliphatic rings. The number of nitrogens with one attached hydrogen (secondary N) is 1. The Labute approximate surface area is 208 Å². The van der Waals surface area contributed by atoms with Crippen molar-refractivity contribution in [3.8, 4) is 0 Å². The van der Waals surface area contributed by atoms with Crippen LogP contribution in [0.15, 0.2) is 48.5 Å². The van der Waals surface area contributed by atoms with Gasteiger partial charge in [0.05, 0.1) is 5.69 Å². The van der Waals surface area contributed by atoms with Gasteiger partial charge in [-0.05, 0) is 61.5 Å². The van der Waals surface area contributed by atoms with Gasteiger partial charge in [-0.15, -0.1) is 0 Å². The van der Waals surface area contributed by atoms with Gasteiger partial charge in [-0.1, -0.05) is 54.8 Å². The van der Waals surface area contributed by atoms with Crippen LogP contribution in [0.4, 0.5) is 11.4 Å². The predicted molar refractivity (Wildman–Crippen MR) is 137 cm³/mol. The Kier molecular flexibility index (Phi) is 7.16. The molecule has 182 valence electrons. The molecule has 35 heavy (non-hydrogen) atoms. The van der Waals surface area contributed by atoms with Gasteiger partial charge in [0.1, 0.15) is 10.9 Å². The Balaban J connectivity index is 1.85. The van der Waals surface area contributed by atoms with E-state index in [1.807, 2.05) is 56.3 Å². The molecule has 1 heterocycles. The number of benzene rings is 2. The van der Waals surface area contributed by atoms with E-state index in [1.54, 1.807) is 6.07 Å². The number of carbonyl (C=O) groups excluding carboxylic acids is 3. The molecule has 1 saturated carbocycles. The van der Waals surface area contributed by atoms with E-state index in [-0.39, 0.29) is 28.2 Å². The zero-order valence-corrected chi connectivity index (χ0v) is 20.6. The molecule has 1 atom stereocenters. The molecule has 2 aromatic carbocycles. The predicted octanol–water partition coefficient (Wildman–Crippen LogP) is 3.89. The molecular weight excluding hydrogens is 462 g/mol. The van der Waals surface area contributed by atoms with Crippen LogP contribution in [0, 0.1) is 13.8 Å². The van der Waals surface area contributed by atoms with Gasteiger partial charge in [-0.25, -0.2) is 0 Å². The van der Waals surface area contributed by atoms with Crippen molar-refractivity contribution in [2.45, 2.75) is 51.6 Å². The summed E-state index contributed by atoms with van der Waals surface area (Å²) in [4.78, 5) is 41.0. The molecule has 5 N–H and O–H groups in total. The van der Waals surface area contributed by atoms with Gasteiger partial charge in [0.15, 0.2) is 5.69 Å². The number of aromatic nitrogens is 1. The number of nitrogens with two attached hydrogens (primary N) is 2.